The molecule has 2 aliphatic heterocycles. The van der Waals surface area contributed by atoms with Gasteiger partial charge in [0, 0.05) is 51.0 Å². The highest BCUT2D eigenvalue weighted by Crippen LogP contribution is 2.23. The number of rotatable bonds is 4. The zero-order chi connectivity index (χ0) is 20.2. The Hall–Kier alpha value is -2.97. The van der Waals surface area contributed by atoms with E-state index in [4.69, 9.17) is 0 Å². The standard InChI is InChI=1S/C20H27N7O2/c1-16-5-2-3-10-26(16)18-8-7-17(22-23-18)24-11-13-25(14-12-24)20(29)15-27-19(28)6-4-9-21-27/h4,6-9,16H,2-3,5,10-15H2,1H3. The summed E-state index contributed by atoms with van der Waals surface area (Å²) in [4.78, 5) is 30.5. The SMILES string of the molecule is CC1CCCCN1c1ccc(N2CCN(C(=O)Cn3ncccc3=O)CC2)nn1. The number of piperidine rings is 1. The third-order valence-corrected chi connectivity index (χ3v) is 5.76. The fraction of sp³-hybridized carbons (Fsp3) is 0.550. The first kappa shape index (κ1) is 19.4. The minimum absolute atomic E-state index is 0.0256. The third kappa shape index (κ3) is 4.38. The van der Waals surface area contributed by atoms with Crippen LogP contribution in [0.25, 0.3) is 0 Å². The molecule has 0 bridgehead atoms. The molecule has 2 aliphatic rings. The summed E-state index contributed by atoms with van der Waals surface area (Å²) >= 11 is 0. The van der Waals surface area contributed by atoms with E-state index >= 15 is 0 Å². The van der Waals surface area contributed by atoms with Crippen molar-refractivity contribution in [1.29, 1.82) is 0 Å². The van der Waals surface area contributed by atoms with Gasteiger partial charge in [-0.2, -0.15) is 5.10 Å². The van der Waals surface area contributed by atoms with E-state index in [0.29, 0.717) is 32.2 Å². The maximum absolute atomic E-state index is 12.5. The van der Waals surface area contributed by atoms with Gasteiger partial charge in [0.2, 0.25) is 5.91 Å². The number of amides is 1. The Morgan fingerprint density at radius 2 is 1.79 bits per heavy atom. The average Bonchev–Trinajstić information content (AvgIpc) is 2.76. The van der Waals surface area contributed by atoms with Crippen LogP contribution in [0.3, 0.4) is 0 Å². The van der Waals surface area contributed by atoms with Crippen LogP contribution in [-0.2, 0) is 11.3 Å². The molecular weight excluding hydrogens is 370 g/mol. The number of anilines is 2. The predicted octanol–water partition coefficient (Wildman–Crippen LogP) is 0.761. The molecule has 1 atom stereocenters. The molecule has 4 rings (SSSR count). The van der Waals surface area contributed by atoms with Gasteiger partial charge < -0.3 is 14.7 Å². The quantitative estimate of drug-likeness (QED) is 0.753. The predicted molar refractivity (Wildman–Crippen MR) is 110 cm³/mol. The monoisotopic (exact) mass is 397 g/mol. The zero-order valence-corrected chi connectivity index (χ0v) is 16.8. The Labute approximate surface area is 169 Å². The summed E-state index contributed by atoms with van der Waals surface area (Å²) in [7, 11) is 0. The number of nitrogens with zero attached hydrogens (tertiary/aromatic N) is 7. The number of carbonyl (C=O) groups excluding carboxylic acids is 1. The summed E-state index contributed by atoms with van der Waals surface area (Å²) in [5.74, 6) is 1.69. The smallest absolute Gasteiger partial charge is 0.267 e. The Kier molecular flexibility index (Phi) is 5.73. The molecule has 0 aliphatic carbocycles. The van der Waals surface area contributed by atoms with Crippen molar-refractivity contribution in [3.8, 4) is 0 Å². The second kappa shape index (κ2) is 8.59. The van der Waals surface area contributed by atoms with Gasteiger partial charge in [0.15, 0.2) is 11.6 Å². The van der Waals surface area contributed by atoms with E-state index in [1.165, 1.54) is 36.2 Å². The van der Waals surface area contributed by atoms with Crippen molar-refractivity contribution in [1.82, 2.24) is 24.9 Å². The van der Waals surface area contributed by atoms with Gasteiger partial charge in [0.1, 0.15) is 6.54 Å². The molecule has 0 saturated carbocycles. The first-order chi connectivity index (χ1) is 14.1. The van der Waals surface area contributed by atoms with Crippen molar-refractivity contribution >= 4 is 17.5 Å². The van der Waals surface area contributed by atoms with Gasteiger partial charge in [0.25, 0.3) is 5.56 Å². The molecule has 2 saturated heterocycles. The second-order valence-corrected chi connectivity index (χ2v) is 7.68. The van der Waals surface area contributed by atoms with Crippen LogP contribution >= 0.6 is 0 Å². The van der Waals surface area contributed by atoms with Gasteiger partial charge in [-0.05, 0) is 44.4 Å². The van der Waals surface area contributed by atoms with Crippen LogP contribution in [0.15, 0.2) is 35.3 Å². The maximum atomic E-state index is 12.5. The zero-order valence-electron chi connectivity index (χ0n) is 16.8. The van der Waals surface area contributed by atoms with Gasteiger partial charge in [-0.15, -0.1) is 10.2 Å². The number of piperazine rings is 1. The summed E-state index contributed by atoms with van der Waals surface area (Å²) in [5.41, 5.74) is -0.266. The first-order valence-electron chi connectivity index (χ1n) is 10.3. The average molecular weight is 397 g/mol. The van der Waals surface area contributed by atoms with Crippen molar-refractivity contribution in [3.63, 3.8) is 0 Å². The summed E-state index contributed by atoms with van der Waals surface area (Å²) in [6.45, 7) is 5.82. The lowest BCUT2D eigenvalue weighted by atomic mass is 10.0. The van der Waals surface area contributed by atoms with Crippen molar-refractivity contribution in [2.75, 3.05) is 42.5 Å². The van der Waals surface area contributed by atoms with Crippen LogP contribution in [-0.4, -0.2) is 69.6 Å². The molecule has 2 fully saturated rings. The Bertz CT molecular complexity index is 890. The van der Waals surface area contributed by atoms with E-state index in [1.54, 1.807) is 11.0 Å². The van der Waals surface area contributed by atoms with Crippen molar-refractivity contribution in [3.05, 3.63) is 40.8 Å². The van der Waals surface area contributed by atoms with Gasteiger partial charge >= 0.3 is 0 Å². The number of hydrogen-bond acceptors (Lipinski definition) is 7. The van der Waals surface area contributed by atoms with Crippen LogP contribution in [0.2, 0.25) is 0 Å². The van der Waals surface area contributed by atoms with Gasteiger partial charge in [-0.25, -0.2) is 4.68 Å². The largest absolute Gasteiger partial charge is 0.352 e. The molecule has 0 radical (unpaired) electrons. The van der Waals surface area contributed by atoms with Gasteiger partial charge in [-0.1, -0.05) is 0 Å². The van der Waals surface area contributed by atoms with Gasteiger partial charge in [0.05, 0.1) is 0 Å². The van der Waals surface area contributed by atoms with E-state index in [0.717, 1.165) is 18.2 Å². The molecule has 0 aromatic carbocycles. The third-order valence-electron chi connectivity index (χ3n) is 5.76. The Morgan fingerprint density at radius 1 is 1.03 bits per heavy atom. The van der Waals surface area contributed by atoms with E-state index in [1.807, 2.05) is 6.07 Å². The lowest BCUT2D eigenvalue weighted by Gasteiger charge is -2.36. The molecule has 1 unspecified atom stereocenters. The Morgan fingerprint density at radius 3 is 2.48 bits per heavy atom. The molecule has 154 valence electrons. The van der Waals surface area contributed by atoms with Crippen molar-refractivity contribution in [2.24, 2.45) is 0 Å². The minimum atomic E-state index is -0.266. The number of carbonyl (C=O) groups is 1. The highest BCUT2D eigenvalue weighted by Gasteiger charge is 2.24. The molecule has 9 heteroatoms. The summed E-state index contributed by atoms with van der Waals surface area (Å²) in [6.07, 6.45) is 5.19. The topological polar surface area (TPSA) is 87.5 Å². The Balaban J connectivity index is 1.33. The second-order valence-electron chi connectivity index (χ2n) is 7.68. The van der Waals surface area contributed by atoms with Crippen LogP contribution in [0.1, 0.15) is 26.2 Å². The molecule has 0 N–H and O–H groups in total. The van der Waals surface area contributed by atoms with Gasteiger partial charge in [-0.3, -0.25) is 9.59 Å². The van der Waals surface area contributed by atoms with Crippen LogP contribution in [0.4, 0.5) is 11.6 Å². The molecule has 0 spiro atoms. The number of aromatic nitrogens is 4. The highest BCUT2D eigenvalue weighted by molar-refractivity contribution is 5.76. The van der Waals surface area contributed by atoms with Crippen LogP contribution in [0, 0.1) is 0 Å². The van der Waals surface area contributed by atoms with Crippen molar-refractivity contribution < 1.29 is 4.79 Å². The molecule has 2 aromatic rings. The molecular formula is C20H27N7O2. The summed E-state index contributed by atoms with van der Waals surface area (Å²) in [5, 5.41) is 12.8. The lowest BCUT2D eigenvalue weighted by Crippen LogP contribution is -2.50. The van der Waals surface area contributed by atoms with Crippen LogP contribution < -0.4 is 15.4 Å². The van der Waals surface area contributed by atoms with E-state index < -0.39 is 0 Å². The lowest BCUT2D eigenvalue weighted by molar-refractivity contribution is -0.132. The molecule has 1 amide bonds. The fourth-order valence-electron chi connectivity index (χ4n) is 4.00. The summed E-state index contributed by atoms with van der Waals surface area (Å²) in [6, 6.07) is 7.56. The molecule has 4 heterocycles. The summed E-state index contributed by atoms with van der Waals surface area (Å²) < 4.78 is 1.19. The molecule has 29 heavy (non-hydrogen) atoms. The van der Waals surface area contributed by atoms with E-state index in [9.17, 15) is 9.59 Å². The first-order valence-corrected chi connectivity index (χ1v) is 10.3. The highest BCUT2D eigenvalue weighted by atomic mass is 16.2. The molecule has 2 aromatic heterocycles. The number of hydrogen-bond donors (Lipinski definition) is 0. The molecule has 9 nitrogen and oxygen atoms in total. The van der Waals surface area contributed by atoms with Crippen molar-refractivity contribution in [2.45, 2.75) is 38.8 Å². The van der Waals surface area contributed by atoms with Crippen LogP contribution in [0.5, 0.6) is 0 Å². The maximum Gasteiger partial charge on any atom is 0.267 e. The van der Waals surface area contributed by atoms with E-state index in [2.05, 4.69) is 38.1 Å². The normalized spacial score (nSPS) is 20.0. The minimum Gasteiger partial charge on any atom is -0.352 e. The van der Waals surface area contributed by atoms with E-state index in [-0.39, 0.29) is 18.0 Å². The fourth-order valence-corrected chi connectivity index (χ4v) is 4.00.